The summed E-state index contributed by atoms with van der Waals surface area (Å²) in [5, 5.41) is 6.49. The highest BCUT2D eigenvalue weighted by Crippen LogP contribution is 2.51. The van der Waals surface area contributed by atoms with Gasteiger partial charge in [-0.25, -0.2) is 0 Å². The number of benzene rings is 3. The standard InChI is InChI=1S/C25H23NO/c1-2-15-27-18-13-14-24-23(16-18)20-10-6-12-22(20)25(26-24)21-11-5-8-17-7-3-4-9-19(17)21/h2-11,13-14,16,20,22,25-26H,1,12,15H2. The van der Waals surface area contributed by atoms with Crippen molar-refractivity contribution in [3.63, 3.8) is 0 Å². The zero-order valence-corrected chi connectivity index (χ0v) is 15.3. The highest BCUT2D eigenvalue weighted by atomic mass is 16.5. The van der Waals surface area contributed by atoms with Crippen LogP contribution in [0.3, 0.4) is 0 Å². The Morgan fingerprint density at radius 3 is 2.85 bits per heavy atom. The quantitative estimate of drug-likeness (QED) is 0.561. The molecule has 3 aromatic rings. The lowest BCUT2D eigenvalue weighted by Crippen LogP contribution is -2.29. The number of anilines is 1. The van der Waals surface area contributed by atoms with Gasteiger partial charge in [0.2, 0.25) is 0 Å². The largest absolute Gasteiger partial charge is 0.490 e. The van der Waals surface area contributed by atoms with Crippen LogP contribution in [-0.4, -0.2) is 6.61 Å². The molecule has 0 aromatic heterocycles. The Hall–Kier alpha value is -3.00. The Morgan fingerprint density at radius 1 is 1.04 bits per heavy atom. The van der Waals surface area contributed by atoms with Gasteiger partial charge >= 0.3 is 0 Å². The van der Waals surface area contributed by atoms with E-state index in [0.717, 1.165) is 12.2 Å². The van der Waals surface area contributed by atoms with Crippen LogP contribution < -0.4 is 10.1 Å². The first-order valence-corrected chi connectivity index (χ1v) is 9.63. The molecule has 1 aliphatic carbocycles. The van der Waals surface area contributed by atoms with E-state index < -0.39 is 0 Å². The van der Waals surface area contributed by atoms with E-state index in [1.165, 1.54) is 27.6 Å². The molecule has 5 rings (SSSR count). The highest BCUT2D eigenvalue weighted by Gasteiger charge is 2.38. The Kier molecular flexibility index (Phi) is 3.97. The highest BCUT2D eigenvalue weighted by molar-refractivity contribution is 5.86. The summed E-state index contributed by atoms with van der Waals surface area (Å²) in [6.45, 7) is 4.27. The van der Waals surface area contributed by atoms with Gasteiger partial charge in [0.05, 0.1) is 6.04 Å². The molecule has 0 fully saturated rings. The average molecular weight is 353 g/mol. The van der Waals surface area contributed by atoms with Crippen LogP contribution >= 0.6 is 0 Å². The van der Waals surface area contributed by atoms with Gasteiger partial charge in [0.25, 0.3) is 0 Å². The zero-order chi connectivity index (χ0) is 18.2. The second kappa shape index (κ2) is 6.62. The fourth-order valence-electron chi connectivity index (χ4n) is 4.65. The maximum Gasteiger partial charge on any atom is 0.120 e. The van der Waals surface area contributed by atoms with Gasteiger partial charge in [-0.2, -0.15) is 0 Å². The molecule has 3 unspecified atom stereocenters. The molecule has 0 bridgehead atoms. The van der Waals surface area contributed by atoms with Crippen molar-refractivity contribution in [1.82, 2.24) is 0 Å². The van der Waals surface area contributed by atoms with Crippen molar-refractivity contribution in [1.29, 1.82) is 0 Å². The zero-order valence-electron chi connectivity index (χ0n) is 15.3. The Bertz CT molecular complexity index is 1030. The average Bonchev–Trinajstić information content (AvgIpc) is 3.21. The topological polar surface area (TPSA) is 21.3 Å². The number of hydrogen-bond acceptors (Lipinski definition) is 2. The molecule has 3 aromatic carbocycles. The number of ether oxygens (including phenoxy) is 1. The summed E-state index contributed by atoms with van der Waals surface area (Å²) in [6, 6.07) is 22.1. The molecule has 1 heterocycles. The second-order valence-electron chi connectivity index (χ2n) is 7.39. The minimum Gasteiger partial charge on any atom is -0.490 e. The number of hydrogen-bond donors (Lipinski definition) is 1. The van der Waals surface area contributed by atoms with Crippen molar-refractivity contribution in [3.8, 4) is 5.75 Å². The van der Waals surface area contributed by atoms with Crippen LogP contribution in [0, 0.1) is 5.92 Å². The van der Waals surface area contributed by atoms with Gasteiger partial charge in [0.1, 0.15) is 12.4 Å². The summed E-state index contributed by atoms with van der Waals surface area (Å²) in [5.74, 6) is 1.87. The van der Waals surface area contributed by atoms with Crippen LogP contribution in [0.5, 0.6) is 5.75 Å². The van der Waals surface area contributed by atoms with Crippen molar-refractivity contribution in [2.24, 2.45) is 5.92 Å². The molecule has 0 saturated carbocycles. The molecule has 0 radical (unpaired) electrons. The van der Waals surface area contributed by atoms with Crippen LogP contribution in [0.25, 0.3) is 10.8 Å². The predicted molar refractivity (Wildman–Crippen MR) is 112 cm³/mol. The van der Waals surface area contributed by atoms with Gasteiger partial charge in [-0.15, -0.1) is 0 Å². The third kappa shape index (κ3) is 2.73. The van der Waals surface area contributed by atoms with Gasteiger partial charge in [0.15, 0.2) is 0 Å². The second-order valence-corrected chi connectivity index (χ2v) is 7.39. The summed E-state index contributed by atoms with van der Waals surface area (Å²) in [7, 11) is 0. The molecule has 0 saturated heterocycles. The molecule has 134 valence electrons. The third-order valence-electron chi connectivity index (χ3n) is 5.86. The van der Waals surface area contributed by atoms with Crippen LogP contribution in [0.4, 0.5) is 5.69 Å². The smallest absolute Gasteiger partial charge is 0.120 e. The van der Waals surface area contributed by atoms with Gasteiger partial charge in [-0.05, 0) is 52.4 Å². The Balaban J connectivity index is 1.58. The number of allylic oxidation sites excluding steroid dienone is 2. The lowest BCUT2D eigenvalue weighted by Gasteiger charge is -2.38. The SMILES string of the molecule is C=CCOc1ccc2c(c1)C1C=CCC1C(c1cccc3ccccc13)N2. The molecule has 0 spiro atoms. The molecular weight excluding hydrogens is 330 g/mol. The van der Waals surface area contributed by atoms with Crippen LogP contribution in [0.1, 0.15) is 29.5 Å². The van der Waals surface area contributed by atoms with Crippen molar-refractivity contribution < 1.29 is 4.74 Å². The van der Waals surface area contributed by atoms with Crippen molar-refractivity contribution in [2.75, 3.05) is 11.9 Å². The summed E-state index contributed by atoms with van der Waals surface area (Å²) >= 11 is 0. The molecule has 3 atom stereocenters. The molecule has 2 nitrogen and oxygen atoms in total. The van der Waals surface area contributed by atoms with Crippen molar-refractivity contribution in [2.45, 2.75) is 18.4 Å². The van der Waals surface area contributed by atoms with Gasteiger partial charge in [-0.3, -0.25) is 0 Å². The Labute approximate surface area is 160 Å². The van der Waals surface area contributed by atoms with Gasteiger partial charge in [-0.1, -0.05) is 67.3 Å². The first-order chi connectivity index (χ1) is 13.3. The number of rotatable bonds is 4. The first-order valence-electron chi connectivity index (χ1n) is 9.63. The fraction of sp³-hybridized carbons (Fsp3) is 0.200. The lowest BCUT2D eigenvalue weighted by molar-refractivity contribution is 0.361. The van der Waals surface area contributed by atoms with Crippen LogP contribution in [-0.2, 0) is 0 Å². The third-order valence-corrected chi connectivity index (χ3v) is 5.86. The lowest BCUT2D eigenvalue weighted by atomic mass is 9.76. The van der Waals surface area contributed by atoms with E-state index in [1.54, 1.807) is 6.08 Å². The maximum absolute atomic E-state index is 5.77. The first kappa shape index (κ1) is 16.2. The van der Waals surface area contributed by atoms with Gasteiger partial charge in [0, 0.05) is 11.6 Å². The predicted octanol–water partition coefficient (Wildman–Crippen LogP) is 6.23. The molecular formula is C25H23NO. The molecule has 1 aliphatic heterocycles. The summed E-state index contributed by atoms with van der Waals surface area (Å²) in [6.07, 6.45) is 7.59. The molecule has 27 heavy (non-hydrogen) atoms. The molecule has 2 aliphatic rings. The van der Waals surface area contributed by atoms with Crippen molar-refractivity contribution in [3.05, 3.63) is 96.6 Å². The maximum atomic E-state index is 5.77. The minimum absolute atomic E-state index is 0.309. The summed E-state index contributed by atoms with van der Waals surface area (Å²) in [4.78, 5) is 0. The van der Waals surface area contributed by atoms with Gasteiger partial charge < -0.3 is 10.1 Å². The summed E-state index contributed by atoms with van der Waals surface area (Å²) in [5.41, 5.74) is 3.95. The van der Waals surface area contributed by atoms with E-state index in [0.29, 0.717) is 24.5 Å². The fourth-order valence-corrected chi connectivity index (χ4v) is 4.65. The van der Waals surface area contributed by atoms with E-state index in [-0.39, 0.29) is 0 Å². The van der Waals surface area contributed by atoms with Crippen molar-refractivity contribution >= 4 is 16.5 Å². The Morgan fingerprint density at radius 2 is 1.93 bits per heavy atom. The molecule has 0 amide bonds. The minimum atomic E-state index is 0.309. The molecule has 1 N–H and O–H groups in total. The van der Waals surface area contributed by atoms with E-state index >= 15 is 0 Å². The number of fused-ring (bicyclic) bond motifs is 4. The summed E-state index contributed by atoms with van der Waals surface area (Å²) < 4.78 is 5.77. The van der Waals surface area contributed by atoms with E-state index in [1.807, 2.05) is 0 Å². The van der Waals surface area contributed by atoms with Crippen LogP contribution in [0.15, 0.2) is 85.5 Å². The van der Waals surface area contributed by atoms with Crippen LogP contribution in [0.2, 0.25) is 0 Å². The van der Waals surface area contributed by atoms with E-state index in [9.17, 15) is 0 Å². The van der Waals surface area contributed by atoms with E-state index in [2.05, 4.69) is 84.7 Å². The normalized spacial score (nSPS) is 22.7. The monoisotopic (exact) mass is 353 g/mol. The molecule has 2 heteroatoms. The van der Waals surface area contributed by atoms with E-state index in [4.69, 9.17) is 4.74 Å². The number of nitrogens with one attached hydrogen (secondary N) is 1.